The number of ether oxygens (including phenoxy) is 1. The molecule has 6 nitrogen and oxygen atoms in total. The van der Waals surface area contributed by atoms with E-state index in [0.29, 0.717) is 25.1 Å². The van der Waals surface area contributed by atoms with Gasteiger partial charge in [0, 0.05) is 30.0 Å². The van der Waals surface area contributed by atoms with Gasteiger partial charge in [0.05, 0.1) is 6.61 Å². The van der Waals surface area contributed by atoms with E-state index in [0.717, 1.165) is 24.8 Å². The number of carbonyl (C=O) groups is 1. The molecular weight excluding hydrogens is 304 g/mol. The van der Waals surface area contributed by atoms with E-state index in [9.17, 15) is 13.2 Å². The number of sulfone groups is 1. The molecule has 0 aliphatic heterocycles. The predicted molar refractivity (Wildman–Crippen MR) is 83.4 cm³/mol. The number of aryl methyl sites for hydroxylation is 1. The lowest BCUT2D eigenvalue weighted by atomic mass is 9.95. The fourth-order valence-electron chi connectivity index (χ4n) is 2.23. The van der Waals surface area contributed by atoms with Crippen molar-refractivity contribution in [3.63, 3.8) is 0 Å². The number of aromatic nitrogens is 2. The van der Waals surface area contributed by atoms with Gasteiger partial charge in [0.15, 0.2) is 0 Å². The number of carbonyl (C=O) groups excluding carboxylic acids is 1. The second kappa shape index (κ2) is 8.22. The first-order chi connectivity index (χ1) is 10.3. The Morgan fingerprint density at radius 2 is 2.00 bits per heavy atom. The summed E-state index contributed by atoms with van der Waals surface area (Å²) in [5, 5.41) is -0.133. The van der Waals surface area contributed by atoms with E-state index in [4.69, 9.17) is 4.74 Å². The second-order valence-corrected chi connectivity index (χ2v) is 7.20. The van der Waals surface area contributed by atoms with E-state index in [2.05, 4.69) is 9.97 Å². The highest BCUT2D eigenvalue weighted by molar-refractivity contribution is 7.90. The largest absolute Gasteiger partial charge is 0.466 e. The maximum absolute atomic E-state index is 11.6. The minimum absolute atomic E-state index is 0.108. The number of esters is 1. The van der Waals surface area contributed by atoms with Crippen molar-refractivity contribution in [3.05, 3.63) is 17.5 Å². The summed E-state index contributed by atoms with van der Waals surface area (Å²) >= 11 is 0. The third-order valence-corrected chi connectivity index (χ3v) is 4.18. The van der Waals surface area contributed by atoms with Crippen LogP contribution in [0.3, 0.4) is 0 Å². The van der Waals surface area contributed by atoms with Gasteiger partial charge in [-0.3, -0.25) is 4.79 Å². The Labute approximate surface area is 132 Å². The van der Waals surface area contributed by atoms with Crippen LogP contribution in [0.4, 0.5) is 0 Å². The van der Waals surface area contributed by atoms with Crippen LogP contribution in [0.2, 0.25) is 0 Å². The summed E-state index contributed by atoms with van der Waals surface area (Å²) in [5.74, 6) is -0.0929. The van der Waals surface area contributed by atoms with Crippen molar-refractivity contribution in [2.45, 2.75) is 57.5 Å². The van der Waals surface area contributed by atoms with Gasteiger partial charge >= 0.3 is 5.97 Å². The Kier molecular flexibility index (Phi) is 6.93. The van der Waals surface area contributed by atoms with Gasteiger partial charge in [-0.2, -0.15) is 0 Å². The van der Waals surface area contributed by atoms with Gasteiger partial charge in [0.25, 0.3) is 0 Å². The molecule has 0 bridgehead atoms. The van der Waals surface area contributed by atoms with E-state index < -0.39 is 9.84 Å². The van der Waals surface area contributed by atoms with E-state index in [1.165, 1.54) is 0 Å². The molecule has 1 heterocycles. The van der Waals surface area contributed by atoms with Crippen LogP contribution in [-0.2, 0) is 19.4 Å². The molecule has 1 atom stereocenters. The normalized spacial score (nSPS) is 12.9. The highest BCUT2D eigenvalue weighted by Gasteiger charge is 2.18. The molecule has 0 aromatic carbocycles. The summed E-state index contributed by atoms with van der Waals surface area (Å²) < 4.78 is 28.2. The molecule has 124 valence electrons. The van der Waals surface area contributed by atoms with Crippen molar-refractivity contribution in [2.75, 3.05) is 12.9 Å². The van der Waals surface area contributed by atoms with E-state index in [1.54, 1.807) is 13.8 Å². The summed E-state index contributed by atoms with van der Waals surface area (Å²) in [7, 11) is -3.43. The zero-order valence-electron chi connectivity index (χ0n) is 13.6. The summed E-state index contributed by atoms with van der Waals surface area (Å²) in [5.41, 5.74) is 1.36. The van der Waals surface area contributed by atoms with Gasteiger partial charge in [-0.15, -0.1) is 0 Å². The molecule has 22 heavy (non-hydrogen) atoms. The van der Waals surface area contributed by atoms with Crippen molar-refractivity contribution in [2.24, 2.45) is 0 Å². The first-order valence-corrected chi connectivity index (χ1v) is 9.38. The number of rotatable bonds is 8. The molecule has 0 N–H and O–H groups in total. The first-order valence-electron chi connectivity index (χ1n) is 7.49. The molecule has 0 radical (unpaired) electrons. The standard InChI is InChI=1S/C15H24N2O4S/c1-5-12(8-7-9-14(18)21-6-2)13-10-11(3)16-15(17-13)22(4,19)20/h10,12H,5-9H2,1-4H3/t12-/m0/s1. The SMILES string of the molecule is CCOC(=O)CCC[C@H](CC)c1cc(C)nc(S(C)(=O)=O)n1. The molecular formula is C15H24N2O4S. The summed E-state index contributed by atoms with van der Waals surface area (Å²) in [6.07, 6.45) is 3.74. The van der Waals surface area contributed by atoms with Crippen LogP contribution in [0.5, 0.6) is 0 Å². The maximum Gasteiger partial charge on any atom is 0.305 e. The summed E-state index contributed by atoms with van der Waals surface area (Å²) in [6.45, 7) is 5.94. The van der Waals surface area contributed by atoms with Crippen LogP contribution < -0.4 is 0 Å². The molecule has 0 saturated carbocycles. The predicted octanol–water partition coefficient (Wildman–Crippen LogP) is 2.42. The molecule has 0 saturated heterocycles. The lowest BCUT2D eigenvalue weighted by Crippen LogP contribution is -2.11. The molecule has 0 fully saturated rings. The molecule has 1 aromatic heterocycles. The Morgan fingerprint density at radius 1 is 1.32 bits per heavy atom. The van der Waals surface area contributed by atoms with Gasteiger partial charge in [0.2, 0.25) is 15.0 Å². The molecule has 0 spiro atoms. The molecule has 7 heteroatoms. The minimum Gasteiger partial charge on any atom is -0.466 e. The number of nitrogens with zero attached hydrogens (tertiary/aromatic N) is 2. The fraction of sp³-hybridized carbons (Fsp3) is 0.667. The average molecular weight is 328 g/mol. The molecule has 0 aliphatic rings. The topological polar surface area (TPSA) is 86.2 Å². The Morgan fingerprint density at radius 3 is 2.55 bits per heavy atom. The summed E-state index contributed by atoms with van der Waals surface area (Å²) in [4.78, 5) is 19.5. The van der Waals surface area contributed by atoms with Crippen LogP contribution in [0, 0.1) is 6.92 Å². The van der Waals surface area contributed by atoms with Crippen LogP contribution in [0.15, 0.2) is 11.2 Å². The molecule has 1 rings (SSSR count). The third kappa shape index (κ3) is 5.71. The van der Waals surface area contributed by atoms with Gasteiger partial charge in [-0.05, 0) is 39.2 Å². The van der Waals surface area contributed by atoms with Crippen LogP contribution in [0.1, 0.15) is 56.8 Å². The highest BCUT2D eigenvalue weighted by Crippen LogP contribution is 2.25. The van der Waals surface area contributed by atoms with Crippen LogP contribution in [0.25, 0.3) is 0 Å². The molecule has 1 aromatic rings. The smallest absolute Gasteiger partial charge is 0.305 e. The zero-order valence-corrected chi connectivity index (χ0v) is 14.4. The highest BCUT2D eigenvalue weighted by atomic mass is 32.2. The summed E-state index contributed by atoms with van der Waals surface area (Å²) in [6, 6.07) is 1.81. The lowest BCUT2D eigenvalue weighted by Gasteiger charge is -2.15. The second-order valence-electron chi connectivity index (χ2n) is 5.29. The van der Waals surface area contributed by atoms with Crippen LogP contribution in [-0.4, -0.2) is 37.2 Å². The first kappa shape index (κ1) is 18.5. The van der Waals surface area contributed by atoms with Crippen molar-refractivity contribution < 1.29 is 17.9 Å². The van der Waals surface area contributed by atoms with E-state index >= 15 is 0 Å². The number of hydrogen-bond donors (Lipinski definition) is 0. The van der Waals surface area contributed by atoms with Crippen molar-refractivity contribution in [3.8, 4) is 0 Å². The molecule has 0 unspecified atom stereocenters. The maximum atomic E-state index is 11.6. The fourth-order valence-corrected chi connectivity index (χ4v) is 2.81. The van der Waals surface area contributed by atoms with Gasteiger partial charge in [0.1, 0.15) is 0 Å². The quantitative estimate of drug-likeness (QED) is 0.538. The van der Waals surface area contributed by atoms with E-state index in [-0.39, 0.29) is 17.0 Å². The van der Waals surface area contributed by atoms with Gasteiger partial charge in [-0.25, -0.2) is 18.4 Å². The third-order valence-electron chi connectivity index (χ3n) is 3.34. The lowest BCUT2D eigenvalue weighted by molar-refractivity contribution is -0.143. The van der Waals surface area contributed by atoms with Gasteiger partial charge < -0.3 is 4.74 Å². The van der Waals surface area contributed by atoms with Crippen LogP contribution >= 0.6 is 0 Å². The average Bonchev–Trinajstić information content (AvgIpc) is 2.42. The monoisotopic (exact) mass is 328 g/mol. The van der Waals surface area contributed by atoms with E-state index in [1.807, 2.05) is 13.0 Å². The molecule has 0 amide bonds. The minimum atomic E-state index is -3.43. The van der Waals surface area contributed by atoms with Crippen molar-refractivity contribution in [1.29, 1.82) is 0 Å². The molecule has 0 aliphatic carbocycles. The Bertz CT molecular complexity index is 614. The Hall–Kier alpha value is -1.50. The Balaban J connectivity index is 2.82. The van der Waals surface area contributed by atoms with Crippen molar-refractivity contribution in [1.82, 2.24) is 9.97 Å². The van der Waals surface area contributed by atoms with Crippen molar-refractivity contribution >= 4 is 15.8 Å². The number of hydrogen-bond acceptors (Lipinski definition) is 6. The zero-order chi connectivity index (χ0) is 16.8. The van der Waals surface area contributed by atoms with Gasteiger partial charge in [-0.1, -0.05) is 6.92 Å².